The number of benzene rings is 1. The predicted octanol–water partition coefficient (Wildman–Crippen LogP) is 0.853. The first kappa shape index (κ1) is 14.0. The second-order valence-electron chi connectivity index (χ2n) is 5.53. The average molecular weight is 285 g/mol. The van der Waals surface area contributed by atoms with Gasteiger partial charge in [-0.15, -0.1) is 0 Å². The number of hydrogen-bond acceptors (Lipinski definition) is 4. The van der Waals surface area contributed by atoms with E-state index in [0.29, 0.717) is 18.7 Å². The van der Waals surface area contributed by atoms with Gasteiger partial charge in [0.25, 0.3) is 5.91 Å². The number of pyridine rings is 1. The summed E-state index contributed by atoms with van der Waals surface area (Å²) in [5.41, 5.74) is 2.19. The molecule has 0 saturated carbocycles. The van der Waals surface area contributed by atoms with Crippen LogP contribution >= 0.6 is 0 Å². The molecule has 110 valence electrons. The van der Waals surface area contributed by atoms with Crippen LogP contribution in [0.2, 0.25) is 0 Å². The smallest absolute Gasteiger partial charge is 0.253 e. The van der Waals surface area contributed by atoms with E-state index in [9.17, 15) is 9.90 Å². The molecule has 3 rings (SSSR count). The summed E-state index contributed by atoms with van der Waals surface area (Å²) in [6.45, 7) is 3.70. The molecule has 5 heteroatoms. The minimum Gasteiger partial charge on any atom is -0.391 e. The lowest BCUT2D eigenvalue weighted by atomic mass is 10.1. The predicted molar refractivity (Wildman–Crippen MR) is 81.2 cm³/mol. The zero-order chi connectivity index (χ0) is 14.8. The number of carbonyl (C=O) groups excluding carboxylic acids is 1. The second kappa shape index (κ2) is 5.79. The Kier molecular flexibility index (Phi) is 3.86. The third-order valence-electron chi connectivity index (χ3n) is 3.93. The van der Waals surface area contributed by atoms with Crippen LogP contribution in [0.15, 0.2) is 30.3 Å². The number of para-hydroxylation sites is 1. The highest BCUT2D eigenvalue weighted by atomic mass is 16.3. The largest absolute Gasteiger partial charge is 0.391 e. The van der Waals surface area contributed by atoms with Crippen LogP contribution < -0.4 is 10.6 Å². The molecule has 1 aromatic carbocycles. The summed E-state index contributed by atoms with van der Waals surface area (Å²) in [5.74, 6) is -0.0728. The molecule has 0 radical (unpaired) electrons. The van der Waals surface area contributed by atoms with Crippen LogP contribution in [-0.4, -0.2) is 41.7 Å². The Balaban J connectivity index is 1.79. The summed E-state index contributed by atoms with van der Waals surface area (Å²) in [6, 6.07) is 9.50. The van der Waals surface area contributed by atoms with Crippen molar-refractivity contribution < 1.29 is 9.90 Å². The topological polar surface area (TPSA) is 74.2 Å². The molecule has 1 aromatic heterocycles. The average Bonchev–Trinajstić information content (AvgIpc) is 2.89. The van der Waals surface area contributed by atoms with E-state index in [2.05, 4.69) is 15.6 Å². The Morgan fingerprint density at radius 1 is 1.38 bits per heavy atom. The number of nitrogens with one attached hydrogen (secondary N) is 2. The van der Waals surface area contributed by atoms with Crippen LogP contribution in [-0.2, 0) is 0 Å². The number of carbonyl (C=O) groups is 1. The maximum absolute atomic E-state index is 12.4. The Bertz CT molecular complexity index is 672. The molecule has 0 bridgehead atoms. The van der Waals surface area contributed by atoms with Crippen molar-refractivity contribution in [2.24, 2.45) is 5.92 Å². The van der Waals surface area contributed by atoms with Gasteiger partial charge in [-0.1, -0.05) is 18.2 Å². The van der Waals surface area contributed by atoms with Crippen molar-refractivity contribution in [3.05, 3.63) is 41.6 Å². The van der Waals surface area contributed by atoms with Crippen molar-refractivity contribution in [1.29, 1.82) is 0 Å². The molecule has 1 aliphatic heterocycles. The van der Waals surface area contributed by atoms with Crippen LogP contribution in [0.1, 0.15) is 16.1 Å². The minimum atomic E-state index is -0.391. The van der Waals surface area contributed by atoms with Crippen molar-refractivity contribution in [1.82, 2.24) is 15.6 Å². The minimum absolute atomic E-state index is 0.0682. The summed E-state index contributed by atoms with van der Waals surface area (Å²) < 4.78 is 0. The van der Waals surface area contributed by atoms with Gasteiger partial charge in [-0.3, -0.25) is 9.78 Å². The van der Waals surface area contributed by atoms with E-state index in [4.69, 9.17) is 0 Å². The van der Waals surface area contributed by atoms with Crippen LogP contribution in [0.25, 0.3) is 10.9 Å². The molecule has 1 saturated heterocycles. The van der Waals surface area contributed by atoms with Gasteiger partial charge < -0.3 is 15.7 Å². The Hall–Kier alpha value is -1.98. The van der Waals surface area contributed by atoms with E-state index in [1.165, 1.54) is 0 Å². The van der Waals surface area contributed by atoms with E-state index in [1.54, 1.807) is 6.07 Å². The fraction of sp³-hybridized carbons (Fsp3) is 0.375. The lowest BCUT2D eigenvalue weighted by Crippen LogP contribution is -2.34. The van der Waals surface area contributed by atoms with Crippen LogP contribution in [0, 0.1) is 12.8 Å². The fourth-order valence-corrected chi connectivity index (χ4v) is 2.67. The Labute approximate surface area is 123 Å². The normalized spacial score (nSPS) is 21.6. The second-order valence-corrected chi connectivity index (χ2v) is 5.53. The van der Waals surface area contributed by atoms with Gasteiger partial charge in [-0.2, -0.15) is 0 Å². The van der Waals surface area contributed by atoms with Gasteiger partial charge in [-0.05, 0) is 19.1 Å². The van der Waals surface area contributed by atoms with Crippen molar-refractivity contribution in [2.75, 3.05) is 19.6 Å². The van der Waals surface area contributed by atoms with Gasteiger partial charge in [0.15, 0.2) is 0 Å². The summed E-state index contributed by atoms with van der Waals surface area (Å²) in [7, 11) is 0. The summed E-state index contributed by atoms with van der Waals surface area (Å²) in [6.07, 6.45) is -0.391. The highest BCUT2D eigenvalue weighted by molar-refractivity contribution is 6.05. The molecule has 0 aliphatic carbocycles. The third-order valence-corrected chi connectivity index (χ3v) is 3.93. The first-order valence-corrected chi connectivity index (χ1v) is 7.18. The SMILES string of the molecule is Cc1ccc2cccc(C(=O)NCC3CNCC3O)c2n1. The number of aryl methyl sites for hydroxylation is 1. The molecule has 5 nitrogen and oxygen atoms in total. The van der Waals surface area contributed by atoms with E-state index >= 15 is 0 Å². The Morgan fingerprint density at radius 2 is 2.24 bits per heavy atom. The number of hydrogen-bond donors (Lipinski definition) is 3. The number of aromatic nitrogens is 1. The van der Waals surface area contributed by atoms with Gasteiger partial charge in [0.05, 0.1) is 17.2 Å². The highest BCUT2D eigenvalue weighted by Gasteiger charge is 2.25. The number of aliphatic hydroxyl groups is 1. The molecule has 0 spiro atoms. The van der Waals surface area contributed by atoms with Gasteiger partial charge in [0.1, 0.15) is 0 Å². The van der Waals surface area contributed by atoms with E-state index < -0.39 is 6.10 Å². The molecular formula is C16H19N3O2. The number of β-amino-alcohol motifs (C(OH)–C–C–N with tert-alkyl or cyclic N) is 1. The molecule has 21 heavy (non-hydrogen) atoms. The number of aliphatic hydroxyl groups excluding tert-OH is 1. The maximum atomic E-state index is 12.4. The summed E-state index contributed by atoms with van der Waals surface area (Å²) in [4.78, 5) is 16.8. The first-order valence-electron chi connectivity index (χ1n) is 7.18. The molecule has 2 aromatic rings. The van der Waals surface area contributed by atoms with Crippen LogP contribution in [0.3, 0.4) is 0 Å². The van der Waals surface area contributed by atoms with Crippen LogP contribution in [0.4, 0.5) is 0 Å². The highest BCUT2D eigenvalue weighted by Crippen LogP contribution is 2.17. The molecule has 2 atom stereocenters. The van der Waals surface area contributed by atoms with Gasteiger partial charge in [-0.25, -0.2) is 0 Å². The molecule has 1 fully saturated rings. The Morgan fingerprint density at radius 3 is 3.00 bits per heavy atom. The van der Waals surface area contributed by atoms with E-state index in [-0.39, 0.29) is 11.8 Å². The van der Waals surface area contributed by atoms with E-state index in [1.807, 2.05) is 31.2 Å². The number of nitrogens with zero attached hydrogens (tertiary/aromatic N) is 1. The number of fused-ring (bicyclic) bond motifs is 1. The van der Waals surface area contributed by atoms with Gasteiger partial charge >= 0.3 is 0 Å². The zero-order valence-corrected chi connectivity index (χ0v) is 12.0. The van der Waals surface area contributed by atoms with Crippen molar-refractivity contribution in [3.8, 4) is 0 Å². The van der Waals surface area contributed by atoms with E-state index in [0.717, 1.165) is 23.1 Å². The lowest BCUT2D eigenvalue weighted by molar-refractivity contribution is 0.0928. The van der Waals surface area contributed by atoms with Crippen molar-refractivity contribution >= 4 is 16.8 Å². The van der Waals surface area contributed by atoms with Gasteiger partial charge in [0.2, 0.25) is 0 Å². The third kappa shape index (κ3) is 2.89. The van der Waals surface area contributed by atoms with Crippen LogP contribution in [0.5, 0.6) is 0 Å². The first-order chi connectivity index (χ1) is 10.1. The summed E-state index contributed by atoms with van der Waals surface area (Å²) >= 11 is 0. The maximum Gasteiger partial charge on any atom is 0.253 e. The molecule has 2 unspecified atom stereocenters. The molecule has 3 N–H and O–H groups in total. The molecule has 2 heterocycles. The van der Waals surface area contributed by atoms with Crippen molar-refractivity contribution in [3.63, 3.8) is 0 Å². The lowest BCUT2D eigenvalue weighted by Gasteiger charge is -2.14. The fourth-order valence-electron chi connectivity index (χ4n) is 2.67. The number of amides is 1. The monoisotopic (exact) mass is 285 g/mol. The zero-order valence-electron chi connectivity index (χ0n) is 12.0. The molecule has 1 amide bonds. The molecule has 1 aliphatic rings. The standard InChI is InChI=1S/C16H19N3O2/c1-10-5-6-11-3-2-4-13(15(11)19-10)16(21)18-8-12-7-17-9-14(12)20/h2-6,12,14,17,20H,7-9H2,1H3,(H,18,21). The quantitative estimate of drug-likeness (QED) is 0.782. The molecular weight excluding hydrogens is 266 g/mol. The summed E-state index contributed by atoms with van der Waals surface area (Å²) in [5, 5.41) is 16.7. The van der Waals surface area contributed by atoms with Gasteiger partial charge in [0, 0.05) is 36.6 Å². The van der Waals surface area contributed by atoms with Crippen molar-refractivity contribution in [2.45, 2.75) is 13.0 Å². The number of rotatable bonds is 3.